The van der Waals surface area contributed by atoms with Crippen LogP contribution in [0.2, 0.25) is 0 Å². The van der Waals surface area contributed by atoms with Crippen molar-refractivity contribution in [3.8, 4) is 0 Å². The summed E-state index contributed by atoms with van der Waals surface area (Å²) in [4.78, 5) is 14.3. The van der Waals surface area contributed by atoms with Crippen LogP contribution in [0.5, 0.6) is 0 Å². The molecular weight excluding hydrogens is 801 g/mol. The first-order chi connectivity index (χ1) is 29.5. The third kappa shape index (κ3) is 9.64. The van der Waals surface area contributed by atoms with E-state index in [2.05, 4.69) is 39.8 Å². The van der Waals surface area contributed by atoms with E-state index in [1.165, 1.54) is 0 Å². The van der Waals surface area contributed by atoms with Crippen molar-refractivity contribution in [2.75, 3.05) is 20.8 Å². The van der Waals surface area contributed by atoms with Crippen LogP contribution in [0.25, 0.3) is 0 Å². The molecule has 7 rings (SSSR count). The van der Waals surface area contributed by atoms with E-state index < -0.39 is 90.8 Å². The van der Waals surface area contributed by atoms with Gasteiger partial charge in [-0.1, -0.05) is 77.5 Å². The smallest absolute Gasteiger partial charge is 0.337 e. The lowest BCUT2D eigenvalue weighted by Gasteiger charge is -2.48. The molecule has 0 aromatic heterocycles. The summed E-state index contributed by atoms with van der Waals surface area (Å²) in [5, 5.41) is 34.2. The molecule has 348 valence electrons. The van der Waals surface area contributed by atoms with E-state index in [9.17, 15) is 20.1 Å². The Morgan fingerprint density at radius 3 is 2.31 bits per heavy atom. The van der Waals surface area contributed by atoms with E-state index in [0.717, 1.165) is 12.0 Å². The van der Waals surface area contributed by atoms with Gasteiger partial charge in [-0.05, 0) is 50.3 Å². The number of carbonyl (C=O) groups excluding carboxylic acids is 1. The van der Waals surface area contributed by atoms with Gasteiger partial charge in [0.15, 0.2) is 18.4 Å². The molecule has 20 atom stereocenters. The molecule has 3 N–H and O–H groups in total. The zero-order valence-electron chi connectivity index (χ0n) is 38.2. The number of hydrogen-bond donors (Lipinski definition) is 3. The minimum absolute atomic E-state index is 0.0242. The molecule has 1 unspecified atom stereocenters. The van der Waals surface area contributed by atoms with Gasteiger partial charge in [-0.2, -0.15) is 0 Å². The Labute approximate surface area is 367 Å². The number of carbonyl (C=O) groups is 1. The van der Waals surface area contributed by atoms with Crippen LogP contribution in [-0.2, 0) is 52.2 Å². The summed E-state index contributed by atoms with van der Waals surface area (Å²) in [5.74, 6) is -1.99. The van der Waals surface area contributed by atoms with Crippen molar-refractivity contribution in [3.63, 3.8) is 0 Å². The lowest BCUT2D eigenvalue weighted by molar-refractivity contribution is -0.318. The maximum absolute atomic E-state index is 14.3. The van der Waals surface area contributed by atoms with Gasteiger partial charge in [-0.3, -0.25) is 0 Å². The fraction of sp³-hybridized carbons (Fsp3) is 0.771. The number of methoxy groups -OCH3 is 2. The molecule has 6 aliphatic heterocycles. The van der Waals surface area contributed by atoms with Crippen LogP contribution in [0.15, 0.2) is 59.3 Å². The van der Waals surface area contributed by atoms with Gasteiger partial charge in [0, 0.05) is 57.7 Å². The molecule has 62 heavy (non-hydrogen) atoms. The van der Waals surface area contributed by atoms with Gasteiger partial charge in [0.1, 0.15) is 30.0 Å². The van der Waals surface area contributed by atoms with Crippen molar-refractivity contribution in [1.82, 2.24) is 0 Å². The van der Waals surface area contributed by atoms with Crippen molar-refractivity contribution >= 4 is 5.97 Å². The van der Waals surface area contributed by atoms with E-state index in [4.69, 9.17) is 47.4 Å². The standard InChI is InChI=1S/C48H72O14/c1-11-25(2)43-28(5)17-18-47(62-43)23-34-20-33(61-47)16-15-27(4)42(26(3)13-12-14-32-24-55-45-40(49)29(6)19-35(46(51)58-34)48(32,45)52)59-39-22-37(54-10)44(31(8)57-39)60-38-21-36(53-9)41(50)30(7)56-38/h12-15,17-19,25-26,28-31,33-34,36-45,49-50,52H,11,16,20-24H2,1-10H3/b13-12+,27-15+,32-14+/t25-,26-,28-,29?,30-,31-,33-,34-,36-,37-,38-,39-,40+,41-,42-,43+,44-,45+,47+,48+/m0/s1. The molecule has 0 aromatic rings. The van der Waals surface area contributed by atoms with Crippen LogP contribution < -0.4 is 0 Å². The summed E-state index contributed by atoms with van der Waals surface area (Å²) in [7, 11) is 3.22. The van der Waals surface area contributed by atoms with E-state index >= 15 is 0 Å². The van der Waals surface area contributed by atoms with Crippen LogP contribution in [0, 0.1) is 23.7 Å². The van der Waals surface area contributed by atoms with E-state index in [-0.39, 0.29) is 54.7 Å². The molecule has 6 heterocycles. The van der Waals surface area contributed by atoms with Gasteiger partial charge in [0.2, 0.25) is 0 Å². The van der Waals surface area contributed by atoms with Gasteiger partial charge < -0.3 is 62.7 Å². The summed E-state index contributed by atoms with van der Waals surface area (Å²) in [5.41, 5.74) is -0.426. The monoisotopic (exact) mass is 872 g/mol. The molecule has 1 spiro atoms. The normalized spacial score (nSPS) is 49.1. The molecule has 2 bridgehead atoms. The Balaban J connectivity index is 1.18. The SMILES string of the molecule is CC[C@H](C)[C@H]1O[C@]2(C=C[C@@H]1C)C[C@@H]1C[C@H](C/C=C(\C)[C@@H](O[C@H]3C[C@H](OC)[C@@H](O[C@H]4C[C@H](OC)[C@@H](O)[C@H](C)O4)[C@H](C)O3)[C@@H](C)/C=C/C=C3\CO[C@@H]4[C@H](O)C(C)C=C(C(=O)O1)[C@]34O)O2. The minimum Gasteiger partial charge on any atom is -0.459 e. The number of rotatable bonds is 8. The zero-order valence-corrected chi connectivity index (χ0v) is 38.2. The fourth-order valence-electron chi connectivity index (χ4n) is 10.5. The molecule has 4 saturated heterocycles. The van der Waals surface area contributed by atoms with E-state index in [1.807, 2.05) is 32.1 Å². The maximum Gasteiger partial charge on any atom is 0.337 e. The number of aliphatic hydroxyl groups is 3. The third-order valence-corrected chi connectivity index (χ3v) is 14.4. The number of ether oxygens (including phenoxy) is 10. The second-order valence-electron chi connectivity index (χ2n) is 19.0. The highest BCUT2D eigenvalue weighted by Crippen LogP contribution is 2.47. The number of aliphatic hydroxyl groups excluding tert-OH is 2. The van der Waals surface area contributed by atoms with Crippen molar-refractivity contribution < 1.29 is 67.5 Å². The first kappa shape index (κ1) is 47.6. The van der Waals surface area contributed by atoms with Crippen molar-refractivity contribution in [1.29, 1.82) is 0 Å². The number of hydrogen-bond acceptors (Lipinski definition) is 14. The average molecular weight is 873 g/mol. The second kappa shape index (κ2) is 19.7. The highest BCUT2D eigenvalue weighted by Gasteiger charge is 2.58. The van der Waals surface area contributed by atoms with Gasteiger partial charge in [-0.25, -0.2) is 4.79 Å². The molecule has 7 aliphatic rings. The maximum atomic E-state index is 14.3. The Kier molecular flexibility index (Phi) is 15.1. The molecule has 1 aliphatic carbocycles. The first-order valence-electron chi connectivity index (χ1n) is 22.9. The lowest BCUT2D eigenvalue weighted by Crippen LogP contribution is -2.56. The van der Waals surface area contributed by atoms with Crippen LogP contribution >= 0.6 is 0 Å². The fourth-order valence-corrected chi connectivity index (χ4v) is 10.5. The zero-order chi connectivity index (χ0) is 44.7. The van der Waals surface area contributed by atoms with Gasteiger partial charge >= 0.3 is 5.97 Å². The molecule has 14 nitrogen and oxygen atoms in total. The van der Waals surface area contributed by atoms with Crippen LogP contribution in [0.3, 0.4) is 0 Å². The largest absolute Gasteiger partial charge is 0.459 e. The van der Waals surface area contributed by atoms with Crippen LogP contribution in [0.4, 0.5) is 0 Å². The second-order valence-corrected chi connectivity index (χ2v) is 19.0. The van der Waals surface area contributed by atoms with Crippen molar-refractivity contribution in [3.05, 3.63) is 59.3 Å². The van der Waals surface area contributed by atoms with Crippen LogP contribution in [0.1, 0.15) is 93.9 Å². The third-order valence-electron chi connectivity index (χ3n) is 14.4. The predicted octanol–water partition coefficient (Wildman–Crippen LogP) is 5.38. The summed E-state index contributed by atoms with van der Waals surface area (Å²) in [6, 6.07) is 0. The molecular formula is C48H72O14. The Hall–Kier alpha value is -2.31. The minimum atomic E-state index is -1.90. The molecule has 0 saturated carbocycles. The van der Waals surface area contributed by atoms with Crippen LogP contribution in [-0.4, -0.2) is 139 Å². The summed E-state index contributed by atoms with van der Waals surface area (Å²) < 4.78 is 63.6. The van der Waals surface area contributed by atoms with E-state index in [1.54, 1.807) is 40.2 Å². The van der Waals surface area contributed by atoms with Crippen molar-refractivity contribution in [2.45, 2.75) is 191 Å². The highest BCUT2D eigenvalue weighted by atomic mass is 16.7. The summed E-state index contributed by atoms with van der Waals surface area (Å²) in [6.45, 7) is 16.1. The predicted molar refractivity (Wildman–Crippen MR) is 227 cm³/mol. The Bertz CT molecular complexity index is 1730. The average Bonchev–Trinajstić information content (AvgIpc) is 3.58. The molecule has 0 amide bonds. The topological polar surface area (TPSA) is 170 Å². The molecule has 4 fully saturated rings. The number of allylic oxidation sites excluding steroid dienone is 2. The quantitative estimate of drug-likeness (QED) is 0.210. The lowest BCUT2D eigenvalue weighted by atomic mass is 9.72. The van der Waals surface area contributed by atoms with Gasteiger partial charge in [0.05, 0.1) is 61.0 Å². The molecule has 0 aromatic carbocycles. The Morgan fingerprint density at radius 2 is 1.58 bits per heavy atom. The van der Waals surface area contributed by atoms with Crippen molar-refractivity contribution in [2.24, 2.45) is 23.7 Å². The van der Waals surface area contributed by atoms with Gasteiger partial charge in [-0.15, -0.1) is 0 Å². The number of fused-ring (bicyclic) bond motifs is 2. The molecule has 0 radical (unpaired) electrons. The number of esters is 1. The van der Waals surface area contributed by atoms with Gasteiger partial charge in [0.25, 0.3) is 0 Å². The molecule has 14 heteroatoms. The first-order valence-corrected chi connectivity index (χ1v) is 22.9. The highest BCUT2D eigenvalue weighted by molar-refractivity contribution is 5.93. The van der Waals surface area contributed by atoms with E-state index in [0.29, 0.717) is 31.3 Å². The summed E-state index contributed by atoms with van der Waals surface area (Å²) >= 11 is 0. The summed E-state index contributed by atoms with van der Waals surface area (Å²) in [6.07, 6.45) is 8.54. The Morgan fingerprint density at radius 1 is 0.871 bits per heavy atom.